The summed E-state index contributed by atoms with van der Waals surface area (Å²) in [5, 5.41) is 23.9. The van der Waals surface area contributed by atoms with Crippen LogP contribution in [-0.2, 0) is 62.4 Å². The zero-order valence-corrected chi connectivity index (χ0v) is 48.6. The molecule has 2 bridgehead atoms. The number of cyclic esters (lactones) is 1. The van der Waals surface area contributed by atoms with Crippen molar-refractivity contribution in [1.29, 1.82) is 0 Å². The minimum atomic E-state index is -3.37. The maximum Gasteiger partial charge on any atom is 0.329 e. The van der Waals surface area contributed by atoms with Gasteiger partial charge in [0.15, 0.2) is 0 Å². The van der Waals surface area contributed by atoms with E-state index in [4.69, 9.17) is 28.4 Å². The van der Waals surface area contributed by atoms with E-state index in [0.717, 1.165) is 24.7 Å². The van der Waals surface area contributed by atoms with Gasteiger partial charge in [0.1, 0.15) is 23.7 Å². The fourth-order valence-corrected chi connectivity index (χ4v) is 12.3. The van der Waals surface area contributed by atoms with E-state index in [0.29, 0.717) is 95.5 Å². The fraction of sp³-hybridized carbons (Fsp3) is 0.780. The number of carbonyl (C=O) groups is 5. The van der Waals surface area contributed by atoms with Gasteiger partial charge in [0.25, 0.3) is 11.7 Å². The number of Topliss-reactive ketones (excluding diaryl/α,β-unsaturated/α-hetero) is 3. The van der Waals surface area contributed by atoms with E-state index in [1.165, 1.54) is 4.90 Å². The minimum absolute atomic E-state index is 0.0474. The van der Waals surface area contributed by atoms with Gasteiger partial charge in [-0.3, -0.25) is 19.2 Å². The third kappa shape index (κ3) is 18.8. The molecule has 0 radical (unpaired) electrons. The van der Waals surface area contributed by atoms with Gasteiger partial charge in [0.2, 0.25) is 15.8 Å². The van der Waals surface area contributed by atoms with E-state index in [-0.39, 0.29) is 80.0 Å². The van der Waals surface area contributed by atoms with Crippen LogP contribution in [0.3, 0.4) is 0 Å². The molecular weight excluding hydrogens is 1010 g/mol. The average Bonchev–Trinajstić information content (AvgIpc) is 3.37. The van der Waals surface area contributed by atoms with Gasteiger partial charge in [-0.2, -0.15) is 0 Å². The second kappa shape index (κ2) is 30.4. The molecule has 3 N–H and O–H groups in total. The summed E-state index contributed by atoms with van der Waals surface area (Å²) in [5.74, 6) is -8.00. The molecule has 18 heteroatoms. The highest BCUT2D eigenvalue weighted by Gasteiger charge is 2.53. The van der Waals surface area contributed by atoms with Gasteiger partial charge in [-0.25, -0.2) is 17.9 Å². The Morgan fingerprint density at radius 1 is 0.883 bits per heavy atom. The van der Waals surface area contributed by atoms with Crippen LogP contribution in [0.5, 0.6) is 0 Å². The number of ketones is 3. The third-order valence-corrected chi connectivity index (χ3v) is 17.6. The number of carbonyl (C=O) groups excluding carboxylic acids is 5. The topological polar surface area (TPSA) is 231 Å². The monoisotopic (exact) mass is 1100 g/mol. The molecule has 17 nitrogen and oxygen atoms in total. The number of nitrogens with zero attached hydrogens (tertiary/aromatic N) is 1. The molecule has 0 aromatic carbocycles. The summed E-state index contributed by atoms with van der Waals surface area (Å²) in [7, 11) is -1.77. The van der Waals surface area contributed by atoms with E-state index in [9.17, 15) is 42.6 Å². The molecule has 1 aliphatic carbocycles. The molecule has 15 atom stereocenters. The van der Waals surface area contributed by atoms with Crippen molar-refractivity contribution in [3.05, 3.63) is 47.6 Å². The van der Waals surface area contributed by atoms with Crippen molar-refractivity contribution < 1.29 is 71.0 Å². The lowest BCUT2D eigenvalue weighted by Gasteiger charge is -2.43. The quantitative estimate of drug-likeness (QED) is 0.0678. The SMILES string of the molecule is CCC1C(=O)C(C)CC(C)/C=C/C=C/C=C(\C)C(OCCC2COC2)CC2CCC(C)C(O)(O2)C(=O)C(=O)N2CCCCC2C(=O)O[C@H](C(C)CC2CCC(OCCNS(C)(=O)=O)C(OC)C2)CC(=O)C(C)/C=C(\C)C1O. The van der Waals surface area contributed by atoms with Crippen LogP contribution in [0.25, 0.3) is 0 Å². The van der Waals surface area contributed by atoms with Crippen LogP contribution in [0.2, 0.25) is 0 Å². The summed E-state index contributed by atoms with van der Waals surface area (Å²) >= 11 is 0. The Kier molecular flexibility index (Phi) is 25.4. The molecule has 3 saturated heterocycles. The largest absolute Gasteiger partial charge is 0.460 e. The van der Waals surface area contributed by atoms with Crippen molar-refractivity contribution in [2.24, 2.45) is 47.3 Å². The third-order valence-electron chi connectivity index (χ3n) is 16.9. The lowest BCUT2D eigenvalue weighted by atomic mass is 9.78. The maximum atomic E-state index is 14.6. The maximum absolute atomic E-state index is 14.6. The van der Waals surface area contributed by atoms with Crippen molar-refractivity contribution in [2.75, 3.05) is 52.9 Å². The number of piperidine rings is 1. The lowest BCUT2D eigenvalue weighted by molar-refractivity contribution is -0.266. The minimum Gasteiger partial charge on any atom is -0.460 e. The number of hydrogen-bond donors (Lipinski definition) is 3. The number of amides is 1. The number of sulfonamides is 1. The Bertz CT molecular complexity index is 2210. The molecule has 4 aliphatic heterocycles. The van der Waals surface area contributed by atoms with Gasteiger partial charge in [0.05, 0.1) is 56.6 Å². The predicted molar refractivity (Wildman–Crippen MR) is 293 cm³/mol. The zero-order chi connectivity index (χ0) is 56.6. The molecule has 0 aromatic rings. The Balaban J connectivity index is 1.44. The second-order valence-corrected chi connectivity index (χ2v) is 25.1. The first-order valence-electron chi connectivity index (χ1n) is 28.6. The molecule has 1 amide bonds. The van der Waals surface area contributed by atoms with E-state index >= 15 is 0 Å². The van der Waals surface area contributed by atoms with Crippen LogP contribution in [-0.4, -0.2) is 154 Å². The number of ether oxygens (including phenoxy) is 6. The molecule has 0 aromatic heterocycles. The molecule has 1 saturated carbocycles. The van der Waals surface area contributed by atoms with E-state index < -0.39 is 81.7 Å². The Morgan fingerprint density at radius 2 is 1.62 bits per heavy atom. The van der Waals surface area contributed by atoms with Gasteiger partial charge >= 0.3 is 5.97 Å². The molecule has 77 heavy (non-hydrogen) atoms. The molecule has 436 valence electrons. The van der Waals surface area contributed by atoms with Crippen molar-refractivity contribution in [1.82, 2.24) is 9.62 Å². The lowest BCUT2D eigenvalue weighted by Crippen LogP contribution is -2.61. The van der Waals surface area contributed by atoms with Crippen LogP contribution < -0.4 is 4.72 Å². The summed E-state index contributed by atoms with van der Waals surface area (Å²) in [6.45, 7) is 17.1. The number of hydrogen-bond acceptors (Lipinski definition) is 15. The second-order valence-electron chi connectivity index (χ2n) is 23.3. The highest BCUT2D eigenvalue weighted by Crippen LogP contribution is 2.38. The van der Waals surface area contributed by atoms with Gasteiger partial charge < -0.3 is 43.5 Å². The summed E-state index contributed by atoms with van der Waals surface area (Å²) in [6.07, 6.45) is 15.5. The van der Waals surface area contributed by atoms with Crippen LogP contribution in [0.1, 0.15) is 145 Å². The number of methoxy groups -OCH3 is 1. The van der Waals surface area contributed by atoms with Crippen molar-refractivity contribution in [2.45, 2.75) is 194 Å². The van der Waals surface area contributed by atoms with Crippen LogP contribution in [0.15, 0.2) is 47.6 Å². The predicted octanol–water partition coefficient (Wildman–Crippen LogP) is 7.17. The summed E-state index contributed by atoms with van der Waals surface area (Å²) in [5.41, 5.74) is 1.40. The summed E-state index contributed by atoms with van der Waals surface area (Å²) in [6, 6.07) is -1.17. The number of aliphatic hydroxyl groups is 2. The first-order valence-corrected chi connectivity index (χ1v) is 30.5. The summed E-state index contributed by atoms with van der Waals surface area (Å²) in [4.78, 5) is 73.2. The molecule has 14 unspecified atom stereocenters. The Labute approximate surface area is 459 Å². The summed E-state index contributed by atoms with van der Waals surface area (Å²) < 4.78 is 62.1. The Morgan fingerprint density at radius 3 is 2.30 bits per heavy atom. The zero-order valence-electron chi connectivity index (χ0n) is 47.8. The Hall–Kier alpha value is -3.46. The average molecular weight is 1100 g/mol. The standard InChI is InChI=1S/C59H94N2O15S/c1-11-47-54(63)41(6)29-37(2)17-13-12-14-18-38(3)51(73-27-24-45-35-72-36-45)33-46-22-20-43(8)59(68,76-46)56(65)57(66)61-26-16-15-19-48(61)58(67)75-52(34-49(62)39(4)30-42(7)55(47)64)40(5)31-44-21-23-50(53(32-44)71-9)74-28-25-60-77(10,69)70/h12-14,17-18,30,37,39-41,43-48,50-53,55,60,64,68H,11,15-16,19-29,31-36H2,1-10H3/b14-12+,17-13+,38-18+,42-30+/t37?,39?,40?,41?,43?,44?,46?,47?,48?,50?,51?,52-,53?,55?,59?/m0/s1. The van der Waals surface area contributed by atoms with E-state index in [1.54, 1.807) is 34.0 Å². The van der Waals surface area contributed by atoms with Gasteiger partial charge in [-0.15, -0.1) is 0 Å². The van der Waals surface area contributed by atoms with Crippen molar-refractivity contribution in [3.8, 4) is 0 Å². The van der Waals surface area contributed by atoms with E-state index in [2.05, 4.69) is 4.72 Å². The number of esters is 1. The van der Waals surface area contributed by atoms with Gasteiger partial charge in [-0.1, -0.05) is 78.0 Å². The van der Waals surface area contributed by atoms with Gasteiger partial charge in [0, 0.05) is 69.2 Å². The highest BCUT2D eigenvalue weighted by atomic mass is 32.2. The van der Waals surface area contributed by atoms with E-state index in [1.807, 2.05) is 65.0 Å². The molecular formula is C59H94N2O15S. The number of allylic oxidation sites excluding steroid dienone is 6. The normalized spacial score (nSPS) is 37.3. The first kappa shape index (κ1) is 64.4. The molecule has 5 aliphatic rings. The van der Waals surface area contributed by atoms with Crippen molar-refractivity contribution >= 4 is 39.2 Å². The van der Waals surface area contributed by atoms with Crippen LogP contribution >= 0.6 is 0 Å². The molecule has 5 rings (SSSR count). The fourth-order valence-electron chi connectivity index (χ4n) is 11.8. The van der Waals surface area contributed by atoms with Crippen LogP contribution in [0, 0.1) is 47.3 Å². The number of aliphatic hydroxyl groups excluding tert-OH is 1. The van der Waals surface area contributed by atoms with Crippen LogP contribution in [0.4, 0.5) is 0 Å². The highest BCUT2D eigenvalue weighted by molar-refractivity contribution is 7.88. The number of nitrogens with one attached hydrogen (secondary N) is 1. The first-order chi connectivity index (χ1) is 36.5. The molecule has 4 fully saturated rings. The number of rotatable bonds is 14. The van der Waals surface area contributed by atoms with Crippen molar-refractivity contribution in [3.63, 3.8) is 0 Å². The number of fused-ring (bicyclic) bond motifs is 3. The smallest absolute Gasteiger partial charge is 0.329 e. The molecule has 0 spiro atoms. The van der Waals surface area contributed by atoms with Gasteiger partial charge in [-0.05, 0) is 120 Å². The molecule has 4 heterocycles.